The number of benzene rings is 2. The van der Waals surface area contributed by atoms with Crippen LogP contribution < -0.4 is 5.32 Å². The van der Waals surface area contributed by atoms with E-state index in [0.717, 1.165) is 12.1 Å². The van der Waals surface area contributed by atoms with Crippen molar-refractivity contribution in [1.29, 1.82) is 0 Å². The second-order valence-corrected chi connectivity index (χ2v) is 7.53. The first-order chi connectivity index (χ1) is 14.9. The molecule has 31 heavy (non-hydrogen) atoms. The lowest BCUT2D eigenvalue weighted by molar-refractivity contribution is 0.0521. The number of hydrogen-bond donors (Lipinski definition) is 1. The monoisotopic (exact) mass is 538 g/mol. The second-order valence-electron chi connectivity index (χ2n) is 6.85. The summed E-state index contributed by atoms with van der Waals surface area (Å²) in [7, 11) is 0. The predicted octanol–water partition coefficient (Wildman–Crippen LogP) is 4.26. The minimum absolute atomic E-state index is 0.0335. The van der Waals surface area contributed by atoms with E-state index in [1.165, 1.54) is 18.5 Å². The zero-order chi connectivity index (χ0) is 22.1. The van der Waals surface area contributed by atoms with E-state index < -0.39 is 35.3 Å². The molecule has 160 valence electrons. The lowest BCUT2D eigenvalue weighted by Gasteiger charge is -2.34. The molecule has 2 aromatic carbocycles. The SMILES string of the molecule is CCOC(=O)c1cc(F)cc2c1C(=O)C(c1ncnn1CI)C(c1ccc(F)cc1)N2. The van der Waals surface area contributed by atoms with Crippen LogP contribution in [-0.4, -0.2) is 33.1 Å². The first-order valence-electron chi connectivity index (χ1n) is 9.45. The van der Waals surface area contributed by atoms with Crippen LogP contribution in [0.25, 0.3) is 0 Å². The number of rotatable bonds is 5. The number of ketones is 1. The van der Waals surface area contributed by atoms with Crippen molar-refractivity contribution < 1.29 is 23.1 Å². The molecule has 0 saturated carbocycles. The first kappa shape index (κ1) is 21.3. The Hall–Kier alpha value is -2.89. The quantitative estimate of drug-likeness (QED) is 0.297. The van der Waals surface area contributed by atoms with Crippen LogP contribution in [0.2, 0.25) is 0 Å². The number of fused-ring (bicyclic) bond motifs is 1. The first-order valence-corrected chi connectivity index (χ1v) is 11.0. The lowest BCUT2D eigenvalue weighted by Crippen LogP contribution is -2.35. The van der Waals surface area contributed by atoms with Crippen molar-refractivity contribution in [3.63, 3.8) is 0 Å². The average Bonchev–Trinajstić information content (AvgIpc) is 3.22. The number of esters is 1. The number of alkyl halides is 1. The number of hydrogen-bond acceptors (Lipinski definition) is 6. The van der Waals surface area contributed by atoms with Crippen LogP contribution in [0, 0.1) is 11.6 Å². The summed E-state index contributed by atoms with van der Waals surface area (Å²) in [5.74, 6) is -2.82. The molecule has 2 heterocycles. The van der Waals surface area contributed by atoms with Gasteiger partial charge in [0.05, 0.1) is 28.3 Å². The summed E-state index contributed by atoms with van der Waals surface area (Å²) in [4.78, 5) is 30.5. The van der Waals surface area contributed by atoms with Crippen molar-refractivity contribution in [2.75, 3.05) is 11.9 Å². The third-order valence-corrected chi connectivity index (χ3v) is 5.68. The molecule has 1 aliphatic rings. The van der Waals surface area contributed by atoms with E-state index in [9.17, 15) is 18.4 Å². The molecule has 0 aliphatic carbocycles. The molecule has 2 unspecified atom stereocenters. The van der Waals surface area contributed by atoms with Crippen LogP contribution in [0.3, 0.4) is 0 Å². The van der Waals surface area contributed by atoms with E-state index in [1.807, 2.05) is 0 Å². The summed E-state index contributed by atoms with van der Waals surface area (Å²) in [5.41, 5.74) is 0.651. The van der Waals surface area contributed by atoms with Gasteiger partial charge in [0, 0.05) is 5.69 Å². The third-order valence-electron chi connectivity index (χ3n) is 5.04. The van der Waals surface area contributed by atoms with Gasteiger partial charge in [0.2, 0.25) is 0 Å². The minimum atomic E-state index is -0.881. The van der Waals surface area contributed by atoms with Crippen molar-refractivity contribution in [3.8, 4) is 0 Å². The van der Waals surface area contributed by atoms with Crippen molar-refractivity contribution in [3.05, 3.63) is 76.9 Å². The van der Waals surface area contributed by atoms with E-state index in [1.54, 1.807) is 23.7 Å². The molecular weight excluding hydrogens is 521 g/mol. The lowest BCUT2D eigenvalue weighted by atomic mass is 9.80. The van der Waals surface area contributed by atoms with Crippen molar-refractivity contribution in [1.82, 2.24) is 14.8 Å². The largest absolute Gasteiger partial charge is 0.462 e. The van der Waals surface area contributed by atoms with Crippen LogP contribution in [0.15, 0.2) is 42.7 Å². The van der Waals surface area contributed by atoms with Gasteiger partial charge in [-0.05, 0) is 36.8 Å². The fourth-order valence-corrected chi connectivity index (χ4v) is 4.26. The molecule has 0 fully saturated rings. The maximum atomic E-state index is 14.3. The molecule has 1 N–H and O–H groups in total. The van der Waals surface area contributed by atoms with Crippen molar-refractivity contribution >= 4 is 40.0 Å². The van der Waals surface area contributed by atoms with E-state index in [2.05, 4.69) is 38.0 Å². The highest BCUT2D eigenvalue weighted by Gasteiger charge is 2.42. The molecule has 0 spiro atoms. The summed E-state index contributed by atoms with van der Waals surface area (Å²) < 4.78 is 34.9. The van der Waals surface area contributed by atoms with Gasteiger partial charge < -0.3 is 10.1 Å². The standard InChI is InChI=1S/C21H17F2IN4O3/c1-2-31-21(30)14-7-13(23)8-15-16(14)19(29)17(20-25-10-26-28(20)9-24)18(27-15)11-3-5-12(22)6-4-11/h3-8,10,17-18,27H,2,9H2,1H3. The van der Waals surface area contributed by atoms with Crippen LogP contribution in [-0.2, 0) is 9.29 Å². The maximum absolute atomic E-state index is 14.3. The Labute approximate surface area is 190 Å². The number of nitrogens with one attached hydrogen (secondary N) is 1. The number of halogens is 3. The van der Waals surface area contributed by atoms with E-state index >= 15 is 0 Å². The minimum Gasteiger partial charge on any atom is -0.462 e. The predicted molar refractivity (Wildman–Crippen MR) is 116 cm³/mol. The Morgan fingerprint density at radius 2 is 1.97 bits per heavy atom. The van der Waals surface area contributed by atoms with Gasteiger partial charge in [0.15, 0.2) is 5.78 Å². The smallest absolute Gasteiger partial charge is 0.339 e. The maximum Gasteiger partial charge on any atom is 0.339 e. The molecule has 0 amide bonds. The number of carbonyl (C=O) groups is 2. The van der Waals surface area contributed by atoms with Gasteiger partial charge in [-0.15, -0.1) is 0 Å². The summed E-state index contributed by atoms with van der Waals surface area (Å²) in [6, 6.07) is 7.15. The number of anilines is 1. The Bertz CT molecular complexity index is 1150. The molecule has 3 aromatic rings. The molecule has 7 nitrogen and oxygen atoms in total. The summed E-state index contributed by atoms with van der Waals surface area (Å²) in [6.07, 6.45) is 1.34. The number of nitrogens with zero attached hydrogens (tertiary/aromatic N) is 3. The fourth-order valence-electron chi connectivity index (χ4n) is 3.73. The van der Waals surface area contributed by atoms with Crippen LogP contribution in [0.5, 0.6) is 0 Å². The van der Waals surface area contributed by atoms with Gasteiger partial charge in [-0.25, -0.2) is 23.2 Å². The topological polar surface area (TPSA) is 86.1 Å². The van der Waals surface area contributed by atoms with Crippen LogP contribution in [0.4, 0.5) is 14.5 Å². The highest BCUT2D eigenvalue weighted by molar-refractivity contribution is 14.1. The third kappa shape index (κ3) is 3.91. The van der Waals surface area contributed by atoms with Gasteiger partial charge in [0.1, 0.15) is 29.7 Å². The van der Waals surface area contributed by atoms with Crippen LogP contribution >= 0.6 is 22.6 Å². The number of aromatic nitrogens is 3. The Kier molecular flexibility index (Phi) is 5.99. The Morgan fingerprint density at radius 3 is 2.65 bits per heavy atom. The Balaban J connectivity index is 1.92. The number of ether oxygens (including phenoxy) is 1. The second kappa shape index (κ2) is 8.69. The van der Waals surface area contributed by atoms with E-state index in [-0.39, 0.29) is 23.4 Å². The highest BCUT2D eigenvalue weighted by Crippen LogP contribution is 2.43. The molecule has 2 atom stereocenters. The summed E-state index contributed by atoms with van der Waals surface area (Å²) >= 11 is 2.09. The highest BCUT2D eigenvalue weighted by atomic mass is 127. The van der Waals surface area contributed by atoms with Crippen molar-refractivity contribution in [2.24, 2.45) is 0 Å². The van der Waals surface area contributed by atoms with Gasteiger partial charge in [-0.1, -0.05) is 34.7 Å². The fraction of sp³-hybridized carbons (Fsp3) is 0.238. The molecule has 1 aliphatic heterocycles. The van der Waals surface area contributed by atoms with E-state index in [0.29, 0.717) is 15.9 Å². The molecule has 0 bridgehead atoms. The zero-order valence-corrected chi connectivity index (χ0v) is 18.5. The Morgan fingerprint density at radius 1 is 1.23 bits per heavy atom. The average molecular weight is 538 g/mol. The molecule has 10 heteroatoms. The summed E-state index contributed by atoms with van der Waals surface area (Å²) in [5, 5.41) is 7.31. The van der Waals surface area contributed by atoms with Gasteiger partial charge in [-0.3, -0.25) is 4.79 Å². The molecular formula is C21H17F2IN4O3. The summed E-state index contributed by atoms with van der Waals surface area (Å²) in [6.45, 7) is 1.70. The number of Topliss-reactive ketones (excluding diaryl/α,β-unsaturated/α-hetero) is 1. The van der Waals surface area contributed by atoms with Gasteiger partial charge >= 0.3 is 5.97 Å². The molecule has 0 radical (unpaired) electrons. The number of carbonyl (C=O) groups excluding carboxylic acids is 2. The van der Waals surface area contributed by atoms with Gasteiger partial charge in [0.25, 0.3) is 0 Å². The molecule has 4 rings (SSSR count). The van der Waals surface area contributed by atoms with E-state index in [4.69, 9.17) is 4.74 Å². The molecule has 0 saturated heterocycles. The zero-order valence-electron chi connectivity index (χ0n) is 16.3. The normalized spacial score (nSPS) is 17.7. The van der Waals surface area contributed by atoms with Gasteiger partial charge in [-0.2, -0.15) is 5.10 Å². The molecule has 1 aromatic heterocycles. The van der Waals surface area contributed by atoms with Crippen LogP contribution in [0.1, 0.15) is 51.0 Å². The van der Waals surface area contributed by atoms with Crippen molar-refractivity contribution in [2.45, 2.75) is 23.4 Å².